The molecule has 6 heterocycles. The zero-order valence-electron chi connectivity index (χ0n) is 25.3. The highest BCUT2D eigenvalue weighted by Crippen LogP contribution is 2.49. The molecule has 8 rings (SSSR count). The summed E-state index contributed by atoms with van der Waals surface area (Å²) in [6.45, 7) is 4.01. The second-order valence-electron chi connectivity index (χ2n) is 12.1. The van der Waals surface area contributed by atoms with Crippen LogP contribution in [-0.4, -0.2) is 56.5 Å². The molecule has 47 heavy (non-hydrogen) atoms. The van der Waals surface area contributed by atoms with Gasteiger partial charge in [0.05, 0.1) is 51.5 Å². The number of nitrogen functional groups attached to an aromatic ring is 1. The summed E-state index contributed by atoms with van der Waals surface area (Å²) in [6.07, 6.45) is 1.88. The molecule has 3 aromatic heterocycles. The normalized spacial score (nSPS) is 20.6. The molecule has 0 radical (unpaired) electrons. The summed E-state index contributed by atoms with van der Waals surface area (Å²) < 4.78 is 47.8. The smallest absolute Gasteiger partial charge is 0.319 e. The minimum Gasteiger partial charge on any atom is -0.461 e. The molecule has 2 fully saturated rings. The topological polar surface area (TPSA) is 148 Å². The number of nitrogens with zero attached hydrogens (tertiary/aromatic N) is 6. The summed E-state index contributed by atoms with van der Waals surface area (Å²) >= 11 is 8.31. The average Bonchev–Trinajstić information content (AvgIpc) is 3.89. The first kappa shape index (κ1) is 30.2. The monoisotopic (exact) mass is 678 g/mol. The Kier molecular flexibility index (Phi) is 7.40. The predicted molar refractivity (Wildman–Crippen MR) is 172 cm³/mol. The van der Waals surface area contributed by atoms with E-state index in [1.54, 1.807) is 6.07 Å². The van der Waals surface area contributed by atoms with Crippen LogP contribution in [0.4, 0.5) is 19.6 Å². The van der Waals surface area contributed by atoms with Crippen LogP contribution in [-0.2, 0) is 30.9 Å². The van der Waals surface area contributed by atoms with Gasteiger partial charge in [-0.05, 0) is 42.1 Å². The van der Waals surface area contributed by atoms with Crippen LogP contribution in [0.3, 0.4) is 0 Å². The molecule has 11 nitrogen and oxygen atoms in total. The van der Waals surface area contributed by atoms with Gasteiger partial charge in [-0.2, -0.15) is 15.2 Å². The Hall–Kier alpha value is -4.16. The highest BCUT2D eigenvalue weighted by Gasteiger charge is 2.49. The number of rotatable bonds is 8. The number of hydrogen-bond donors (Lipinski definition) is 2. The lowest BCUT2D eigenvalue weighted by atomic mass is 9.91. The van der Waals surface area contributed by atoms with Crippen LogP contribution >= 0.6 is 22.9 Å². The number of alkyl halides is 1. The fourth-order valence-electron chi connectivity index (χ4n) is 7.30. The highest BCUT2D eigenvalue weighted by molar-refractivity contribution is 7.23. The van der Waals surface area contributed by atoms with Crippen LogP contribution in [0, 0.1) is 17.1 Å². The number of aromatic nitrogens is 4. The van der Waals surface area contributed by atoms with Gasteiger partial charge < -0.3 is 24.9 Å². The number of ether oxygens (including phenoxy) is 2. The van der Waals surface area contributed by atoms with E-state index in [0.717, 1.165) is 41.9 Å². The lowest BCUT2D eigenvalue weighted by Gasteiger charge is -2.30. The fourth-order valence-corrected chi connectivity index (χ4v) is 8.60. The summed E-state index contributed by atoms with van der Waals surface area (Å²) in [5, 5.41) is 23.0. The van der Waals surface area contributed by atoms with Crippen molar-refractivity contribution in [2.24, 2.45) is 0 Å². The van der Waals surface area contributed by atoms with E-state index >= 15 is 4.39 Å². The molecule has 2 atom stereocenters. The number of hydrogen-bond acceptors (Lipinski definition) is 12. The lowest BCUT2D eigenvalue weighted by molar-refractivity contribution is 0.107. The Morgan fingerprint density at radius 3 is 2.87 bits per heavy atom. The highest BCUT2D eigenvalue weighted by atomic mass is 35.5. The average molecular weight is 679 g/mol. The number of halogens is 3. The van der Waals surface area contributed by atoms with Crippen molar-refractivity contribution in [1.29, 1.82) is 5.26 Å². The fraction of sp³-hybridized carbons (Fsp3) is 0.406. The van der Waals surface area contributed by atoms with Crippen molar-refractivity contribution >= 4 is 54.7 Å². The van der Waals surface area contributed by atoms with Gasteiger partial charge in [-0.15, -0.1) is 21.5 Å². The van der Waals surface area contributed by atoms with Crippen molar-refractivity contribution < 1.29 is 22.7 Å². The van der Waals surface area contributed by atoms with Gasteiger partial charge >= 0.3 is 6.01 Å². The molecule has 0 unspecified atom stereocenters. The number of fused-ring (bicyclic) bond motifs is 5. The molecule has 3 N–H and O–H groups in total. The number of nitriles is 1. The Morgan fingerprint density at radius 2 is 2.06 bits per heavy atom. The lowest BCUT2D eigenvalue weighted by Crippen LogP contribution is -2.43. The van der Waals surface area contributed by atoms with Crippen LogP contribution in [0.25, 0.3) is 32.1 Å². The Labute approximate surface area is 276 Å². The van der Waals surface area contributed by atoms with Crippen LogP contribution in [0.15, 0.2) is 16.5 Å². The first-order chi connectivity index (χ1) is 22.8. The van der Waals surface area contributed by atoms with Crippen LogP contribution in [0.5, 0.6) is 6.01 Å². The van der Waals surface area contributed by atoms with Gasteiger partial charge in [0.25, 0.3) is 0 Å². The number of aryl methyl sites for hydroxylation is 1. The third kappa shape index (κ3) is 4.86. The third-order valence-corrected chi connectivity index (χ3v) is 10.8. The largest absolute Gasteiger partial charge is 0.461 e. The van der Waals surface area contributed by atoms with Gasteiger partial charge in [0.1, 0.15) is 35.5 Å². The van der Waals surface area contributed by atoms with Crippen molar-refractivity contribution in [2.75, 3.05) is 30.7 Å². The van der Waals surface area contributed by atoms with Crippen LogP contribution in [0.2, 0.25) is 5.02 Å². The van der Waals surface area contributed by atoms with Crippen molar-refractivity contribution in [3.05, 3.63) is 51.4 Å². The number of benzene rings is 2. The number of anilines is 2. The van der Waals surface area contributed by atoms with Crippen molar-refractivity contribution in [3.63, 3.8) is 0 Å². The van der Waals surface area contributed by atoms with E-state index in [9.17, 15) is 9.65 Å². The molecule has 0 saturated carbocycles. The minimum absolute atomic E-state index is 0.0665. The molecule has 0 spiro atoms. The summed E-state index contributed by atoms with van der Waals surface area (Å²) in [5.74, 6) is 0.833. The first-order valence-corrected chi connectivity index (χ1v) is 16.6. The van der Waals surface area contributed by atoms with Crippen LogP contribution < -0.4 is 15.8 Å². The van der Waals surface area contributed by atoms with E-state index in [1.807, 2.05) is 6.92 Å². The summed E-state index contributed by atoms with van der Waals surface area (Å²) in [6, 6.07) is 5.16. The molecule has 5 aromatic rings. The van der Waals surface area contributed by atoms with E-state index in [4.69, 9.17) is 41.2 Å². The number of nitrogens with one attached hydrogen (secondary N) is 1. The van der Waals surface area contributed by atoms with Gasteiger partial charge in [-0.1, -0.05) is 24.6 Å². The molecule has 2 saturated heterocycles. The zero-order chi connectivity index (χ0) is 32.4. The minimum atomic E-state index is -0.910. The summed E-state index contributed by atoms with van der Waals surface area (Å²) in [5.41, 5.74) is 9.01. The van der Waals surface area contributed by atoms with E-state index < -0.39 is 17.5 Å². The van der Waals surface area contributed by atoms with Gasteiger partial charge in [0, 0.05) is 30.3 Å². The van der Waals surface area contributed by atoms with E-state index in [0.29, 0.717) is 64.4 Å². The maximum atomic E-state index is 15.0. The van der Waals surface area contributed by atoms with Crippen molar-refractivity contribution in [2.45, 2.75) is 64.1 Å². The molecule has 15 heteroatoms. The summed E-state index contributed by atoms with van der Waals surface area (Å²) in [7, 11) is 0. The second-order valence-corrected chi connectivity index (χ2v) is 13.6. The summed E-state index contributed by atoms with van der Waals surface area (Å²) in [4.78, 5) is 11.8. The van der Waals surface area contributed by atoms with E-state index in [1.165, 1.54) is 6.07 Å². The van der Waals surface area contributed by atoms with Gasteiger partial charge in [-0.25, -0.2) is 8.78 Å². The van der Waals surface area contributed by atoms with E-state index in [2.05, 4.69) is 26.5 Å². The molecule has 0 bridgehead atoms. The Morgan fingerprint density at radius 1 is 1.23 bits per heavy atom. The molecule has 2 aromatic carbocycles. The van der Waals surface area contributed by atoms with E-state index in [-0.39, 0.29) is 52.7 Å². The van der Waals surface area contributed by atoms with Gasteiger partial charge in [0.15, 0.2) is 0 Å². The van der Waals surface area contributed by atoms with Gasteiger partial charge in [-0.3, -0.25) is 4.90 Å². The molecule has 242 valence electrons. The number of thiophene rings is 1. The molecular formula is C32H29ClF2N8O3S. The molecule has 0 amide bonds. The Bertz CT molecular complexity index is 2120. The van der Waals surface area contributed by atoms with Gasteiger partial charge in [0.2, 0.25) is 11.8 Å². The number of nitrogens with two attached hydrogens (primary N) is 1. The Balaban J connectivity index is 1.30. The first-order valence-electron chi connectivity index (χ1n) is 15.4. The third-order valence-electron chi connectivity index (χ3n) is 9.42. The SMILES string of the molecule is CCc1nnc(CNc2nc(OC[C@@]34CCCN3C[C@H](F)C4)nc3c(Cl)c(-c4ccc(F)c5sc(N)c(C#N)c45)c4c(c23)COC4)o1. The molecule has 3 aliphatic heterocycles. The maximum absolute atomic E-state index is 15.0. The maximum Gasteiger partial charge on any atom is 0.319 e. The predicted octanol–water partition coefficient (Wildman–Crippen LogP) is 6.30. The molecular weight excluding hydrogens is 650 g/mol. The molecule has 3 aliphatic rings. The van der Waals surface area contributed by atoms with Crippen LogP contribution in [0.1, 0.15) is 54.7 Å². The quantitative estimate of drug-likeness (QED) is 0.190. The second kappa shape index (κ2) is 11.5. The zero-order valence-corrected chi connectivity index (χ0v) is 26.9. The van der Waals surface area contributed by atoms with Crippen molar-refractivity contribution in [3.8, 4) is 23.2 Å². The van der Waals surface area contributed by atoms with Crippen molar-refractivity contribution in [1.82, 2.24) is 25.1 Å². The molecule has 0 aliphatic carbocycles. The standard InChI is InChI=1S/C32H29ClF2N8O3S/c1-2-21-41-42-22(46-21)10-38-30-25-19-13-44-12-18(19)23(16-4-5-20(35)28-24(16)17(9-36)29(37)47-28)26(33)27(25)39-31(40-30)45-14-32-6-3-7-43(32)11-15(34)8-32/h4-5,15H,2-3,6-8,10-14,37H2,1H3,(H,38,39,40)/t15-,32+/m1/s1.